The lowest BCUT2D eigenvalue weighted by atomic mass is 10.0. The van der Waals surface area contributed by atoms with Gasteiger partial charge in [-0.15, -0.1) is 0 Å². The molecule has 0 spiro atoms. The van der Waals surface area contributed by atoms with E-state index in [-0.39, 0.29) is 30.8 Å². The quantitative estimate of drug-likeness (QED) is 0.454. The lowest BCUT2D eigenvalue weighted by molar-refractivity contribution is -0.138. The summed E-state index contributed by atoms with van der Waals surface area (Å²) in [5.41, 5.74) is -0.156. The van der Waals surface area contributed by atoms with Gasteiger partial charge in [-0.3, -0.25) is 9.10 Å². The van der Waals surface area contributed by atoms with Gasteiger partial charge >= 0.3 is 12.1 Å². The molecule has 1 atom stereocenters. The Hall–Kier alpha value is -3.60. The van der Waals surface area contributed by atoms with E-state index in [1.54, 1.807) is 12.1 Å². The second kappa shape index (κ2) is 9.21. The minimum absolute atomic E-state index is 0.0188. The molecule has 3 aromatic rings. The third-order valence-corrected chi connectivity index (χ3v) is 7.25. The number of hydrogen-bond acceptors (Lipinski definition) is 4. The normalized spacial score (nSPS) is 15.9. The lowest BCUT2D eigenvalue weighted by Crippen LogP contribution is -2.43. The maximum Gasteiger partial charge on any atom is 0.416 e. The van der Waals surface area contributed by atoms with Crippen LogP contribution in [0.1, 0.15) is 18.4 Å². The van der Waals surface area contributed by atoms with Gasteiger partial charge in [-0.1, -0.05) is 24.3 Å². The average Bonchev–Trinajstić information content (AvgIpc) is 2.81. The highest BCUT2D eigenvalue weighted by Crippen LogP contribution is 2.41. The van der Waals surface area contributed by atoms with Gasteiger partial charge in [0, 0.05) is 6.42 Å². The summed E-state index contributed by atoms with van der Waals surface area (Å²) in [7, 11) is -4.50. The van der Waals surface area contributed by atoms with Crippen LogP contribution in [0.5, 0.6) is 5.75 Å². The van der Waals surface area contributed by atoms with Crippen LogP contribution in [-0.2, 0) is 21.0 Å². The molecule has 1 heterocycles. The molecule has 0 bridgehead atoms. The predicted molar refractivity (Wildman–Crippen MR) is 119 cm³/mol. The Bertz CT molecular complexity index is 1370. The molecule has 6 nitrogen and oxygen atoms in total. The Balaban J connectivity index is 1.81. The summed E-state index contributed by atoms with van der Waals surface area (Å²) in [6.07, 6.45) is -5.91. The molecule has 0 saturated heterocycles. The van der Waals surface area contributed by atoms with Gasteiger partial charge < -0.3 is 9.84 Å². The number of benzene rings is 3. The standard InChI is InChI=1S/C24H19F4NO5S/c25-18-5-1-3-15(11-18)16-7-9-22-21(12-16)29(14-19(34-22)8-10-23(30)31)35(32,33)20-6-2-4-17(13-20)24(26,27)28/h1-7,9,11-13,19H,8,10,14H2,(H,30,31)/t19-/m0/s1. The van der Waals surface area contributed by atoms with Gasteiger partial charge in [0.05, 0.1) is 22.7 Å². The molecule has 35 heavy (non-hydrogen) atoms. The van der Waals surface area contributed by atoms with E-state index < -0.39 is 44.5 Å². The molecule has 184 valence electrons. The van der Waals surface area contributed by atoms with Crippen LogP contribution in [0.15, 0.2) is 71.6 Å². The Morgan fingerprint density at radius 1 is 1.03 bits per heavy atom. The molecule has 1 aliphatic rings. The van der Waals surface area contributed by atoms with E-state index in [4.69, 9.17) is 9.84 Å². The van der Waals surface area contributed by atoms with Crippen LogP contribution < -0.4 is 9.04 Å². The van der Waals surface area contributed by atoms with Crippen LogP contribution in [0.2, 0.25) is 0 Å². The highest BCUT2D eigenvalue weighted by atomic mass is 32.2. The largest absolute Gasteiger partial charge is 0.486 e. The number of fused-ring (bicyclic) bond motifs is 1. The number of carbonyl (C=O) groups is 1. The molecule has 1 aliphatic heterocycles. The summed E-state index contributed by atoms with van der Waals surface area (Å²) in [5, 5.41) is 9.01. The number of nitrogens with zero attached hydrogens (tertiary/aromatic N) is 1. The fourth-order valence-corrected chi connectivity index (χ4v) is 5.33. The van der Waals surface area contributed by atoms with Gasteiger partial charge in [-0.2, -0.15) is 13.2 Å². The van der Waals surface area contributed by atoms with E-state index in [1.807, 2.05) is 0 Å². The van der Waals surface area contributed by atoms with Gasteiger partial charge in [-0.05, 0) is 60.0 Å². The van der Waals surface area contributed by atoms with E-state index in [0.29, 0.717) is 17.2 Å². The number of halogens is 4. The fraction of sp³-hybridized carbons (Fsp3) is 0.208. The molecule has 0 unspecified atom stereocenters. The Morgan fingerprint density at radius 3 is 2.43 bits per heavy atom. The SMILES string of the molecule is O=C(O)CC[C@H]1CN(S(=O)(=O)c2cccc(C(F)(F)F)c2)c2cc(-c3cccc(F)c3)ccc2O1. The Kier molecular flexibility index (Phi) is 6.46. The van der Waals surface area contributed by atoms with Crippen molar-refractivity contribution in [2.45, 2.75) is 30.0 Å². The summed E-state index contributed by atoms with van der Waals surface area (Å²) < 4.78 is 87.3. The topological polar surface area (TPSA) is 83.9 Å². The maximum absolute atomic E-state index is 13.7. The van der Waals surface area contributed by atoms with Crippen molar-refractivity contribution in [2.24, 2.45) is 0 Å². The lowest BCUT2D eigenvalue weighted by Gasteiger charge is -2.35. The van der Waals surface area contributed by atoms with Crippen LogP contribution in [0.3, 0.4) is 0 Å². The van der Waals surface area contributed by atoms with Crippen LogP contribution in [0, 0.1) is 5.82 Å². The summed E-state index contributed by atoms with van der Waals surface area (Å²) in [4.78, 5) is 10.4. The van der Waals surface area contributed by atoms with Crippen molar-refractivity contribution in [2.75, 3.05) is 10.8 Å². The number of anilines is 1. The summed E-state index contributed by atoms with van der Waals surface area (Å²) in [5.74, 6) is -1.49. The molecular weight excluding hydrogens is 490 g/mol. The molecule has 3 aromatic carbocycles. The molecule has 4 rings (SSSR count). The highest BCUT2D eigenvalue weighted by molar-refractivity contribution is 7.92. The van der Waals surface area contributed by atoms with Gasteiger partial charge in [0.15, 0.2) is 0 Å². The second-order valence-corrected chi connectivity index (χ2v) is 9.79. The fourth-order valence-electron chi connectivity index (χ4n) is 3.78. The summed E-state index contributed by atoms with van der Waals surface area (Å²) in [6.45, 7) is -0.314. The number of aliphatic carboxylic acids is 1. The van der Waals surface area contributed by atoms with Crippen molar-refractivity contribution in [3.05, 3.63) is 78.1 Å². The zero-order chi connectivity index (χ0) is 25.4. The van der Waals surface area contributed by atoms with Crippen LogP contribution in [0.4, 0.5) is 23.2 Å². The van der Waals surface area contributed by atoms with Crippen molar-refractivity contribution in [3.63, 3.8) is 0 Å². The third kappa shape index (κ3) is 5.24. The van der Waals surface area contributed by atoms with Crippen molar-refractivity contribution < 1.29 is 40.6 Å². The number of rotatable bonds is 6. The van der Waals surface area contributed by atoms with E-state index in [0.717, 1.165) is 22.5 Å². The third-order valence-electron chi connectivity index (χ3n) is 5.48. The molecule has 0 radical (unpaired) electrons. The zero-order valence-corrected chi connectivity index (χ0v) is 18.8. The summed E-state index contributed by atoms with van der Waals surface area (Å²) in [6, 6.07) is 13.5. The Labute approximate surface area is 198 Å². The molecule has 0 saturated carbocycles. The number of hydrogen-bond donors (Lipinski definition) is 1. The van der Waals surface area contributed by atoms with Crippen LogP contribution in [-0.4, -0.2) is 32.1 Å². The Morgan fingerprint density at radius 2 is 1.74 bits per heavy atom. The van der Waals surface area contributed by atoms with E-state index in [9.17, 15) is 30.8 Å². The first-order valence-corrected chi connectivity index (χ1v) is 11.9. The predicted octanol–water partition coefficient (Wildman–Crippen LogP) is 5.33. The smallest absolute Gasteiger partial charge is 0.416 e. The summed E-state index contributed by atoms with van der Waals surface area (Å²) >= 11 is 0. The van der Waals surface area contributed by atoms with E-state index in [1.165, 1.54) is 30.3 Å². The van der Waals surface area contributed by atoms with Crippen molar-refractivity contribution in [1.82, 2.24) is 0 Å². The molecule has 0 aromatic heterocycles. The van der Waals surface area contributed by atoms with Crippen molar-refractivity contribution in [1.29, 1.82) is 0 Å². The first-order valence-electron chi connectivity index (χ1n) is 10.4. The molecule has 0 aliphatic carbocycles. The number of carboxylic acid groups (broad SMARTS) is 1. The average molecular weight is 509 g/mol. The van der Waals surface area contributed by atoms with Gasteiger partial charge in [0.2, 0.25) is 0 Å². The molecule has 11 heteroatoms. The minimum atomic E-state index is -4.75. The highest BCUT2D eigenvalue weighted by Gasteiger charge is 2.37. The monoisotopic (exact) mass is 509 g/mol. The maximum atomic E-state index is 13.7. The molecule has 0 fully saturated rings. The van der Waals surface area contributed by atoms with Gasteiger partial charge in [0.25, 0.3) is 10.0 Å². The minimum Gasteiger partial charge on any atom is -0.486 e. The van der Waals surface area contributed by atoms with Gasteiger partial charge in [-0.25, -0.2) is 12.8 Å². The first-order chi connectivity index (χ1) is 16.4. The van der Waals surface area contributed by atoms with Crippen molar-refractivity contribution in [3.8, 4) is 16.9 Å². The van der Waals surface area contributed by atoms with Gasteiger partial charge in [0.1, 0.15) is 17.7 Å². The molecular formula is C24H19F4NO5S. The molecule has 0 amide bonds. The van der Waals surface area contributed by atoms with Crippen molar-refractivity contribution >= 4 is 21.7 Å². The van der Waals surface area contributed by atoms with Crippen LogP contribution >= 0.6 is 0 Å². The van der Waals surface area contributed by atoms with E-state index in [2.05, 4.69) is 0 Å². The second-order valence-electron chi connectivity index (χ2n) is 7.93. The number of carboxylic acids is 1. The first kappa shape index (κ1) is 24.5. The zero-order valence-electron chi connectivity index (χ0n) is 18.0. The molecule has 1 N–H and O–H groups in total. The number of ether oxygens (including phenoxy) is 1. The van der Waals surface area contributed by atoms with E-state index >= 15 is 0 Å². The number of sulfonamides is 1. The van der Waals surface area contributed by atoms with Crippen LogP contribution in [0.25, 0.3) is 11.1 Å². The number of alkyl halides is 3.